The van der Waals surface area contributed by atoms with Gasteiger partial charge < -0.3 is 4.52 Å². The zero-order valence-corrected chi connectivity index (χ0v) is 7.49. The number of hydrogen-bond acceptors (Lipinski definition) is 1. The lowest BCUT2D eigenvalue weighted by Gasteiger charge is -2.41. The molecule has 0 N–H and O–H groups in total. The predicted octanol–water partition coefficient (Wildman–Crippen LogP) is 2.61. The van der Waals surface area contributed by atoms with Gasteiger partial charge in [-0.15, -0.1) is 23.2 Å². The molecule has 0 amide bonds. The summed E-state index contributed by atoms with van der Waals surface area (Å²) in [4.78, 5) is 0. The van der Waals surface area contributed by atoms with E-state index in [1.165, 1.54) is 0 Å². The fourth-order valence-electron chi connectivity index (χ4n) is 0.928. The Labute approximate surface area is 70.9 Å². The molecule has 0 aromatic carbocycles. The molecular weight excluding hydrogens is 190 g/mol. The number of fused-ring (bicyclic) bond motifs is 1. The van der Waals surface area contributed by atoms with E-state index in [-0.39, 0.29) is 5.38 Å². The summed E-state index contributed by atoms with van der Waals surface area (Å²) in [6, 6.07) is 0. The third-order valence-corrected chi connectivity index (χ3v) is 4.17. The average Bonchev–Trinajstić information content (AvgIpc) is 1.90. The molecule has 0 spiro atoms. The lowest BCUT2D eigenvalue weighted by atomic mass is 10.1. The molecule has 3 unspecified atom stereocenters. The lowest BCUT2D eigenvalue weighted by Crippen LogP contribution is -2.38. The number of allylic oxidation sites excluding steroid dienone is 4. The Bertz CT molecular complexity index is 226. The van der Waals surface area contributed by atoms with E-state index in [0.29, 0.717) is 8.81 Å². The molecule has 3 atom stereocenters. The van der Waals surface area contributed by atoms with E-state index in [4.69, 9.17) is 27.7 Å². The van der Waals surface area contributed by atoms with Crippen LogP contribution in [0.15, 0.2) is 24.0 Å². The molecule has 0 bridgehead atoms. The van der Waals surface area contributed by atoms with Crippen molar-refractivity contribution in [2.75, 3.05) is 0 Å². The number of hydrogen-bond donors (Lipinski definition) is 0. The minimum absolute atomic E-state index is 0.110. The van der Waals surface area contributed by atoms with Crippen LogP contribution in [0.5, 0.6) is 0 Å². The molecule has 1 aliphatic carbocycles. The topological polar surface area (TPSA) is 9.23 Å². The summed E-state index contributed by atoms with van der Waals surface area (Å²) in [5.41, 5.74) is 0. The molecule has 10 heavy (non-hydrogen) atoms. The Balaban J connectivity index is 2.35. The third-order valence-electron chi connectivity index (χ3n) is 1.58. The van der Waals surface area contributed by atoms with Gasteiger partial charge in [0, 0.05) is 0 Å². The van der Waals surface area contributed by atoms with Gasteiger partial charge in [0.15, 0.2) is 4.62 Å². The fourth-order valence-corrected chi connectivity index (χ4v) is 2.40. The molecule has 1 fully saturated rings. The van der Waals surface area contributed by atoms with Crippen molar-refractivity contribution in [2.24, 2.45) is 0 Å². The maximum atomic E-state index is 6.10. The second kappa shape index (κ2) is 2.14. The van der Waals surface area contributed by atoms with E-state index >= 15 is 0 Å². The molecule has 54 valence electrons. The quantitative estimate of drug-likeness (QED) is 0.426. The first-order chi connectivity index (χ1) is 4.73. The van der Waals surface area contributed by atoms with Crippen LogP contribution in [-0.4, -0.2) is 9.99 Å². The summed E-state index contributed by atoms with van der Waals surface area (Å²) in [7, 11) is 0.298. The standard InChI is InChI=1S/C6H5Cl2OP/c7-4-2-1-3-5-6(4,8)10-9-5/h1-4,10H. The fraction of sp³-hybridized carbons (Fsp3) is 0.333. The average molecular weight is 195 g/mol. The van der Waals surface area contributed by atoms with E-state index < -0.39 is 4.62 Å². The smallest absolute Gasteiger partial charge is 0.173 e. The molecule has 4 heteroatoms. The van der Waals surface area contributed by atoms with Gasteiger partial charge in [-0.1, -0.05) is 12.2 Å². The van der Waals surface area contributed by atoms with Crippen molar-refractivity contribution in [2.45, 2.75) is 9.99 Å². The van der Waals surface area contributed by atoms with E-state index in [0.717, 1.165) is 5.76 Å². The predicted molar refractivity (Wildman–Crippen MR) is 44.8 cm³/mol. The molecular formula is C6H5Cl2OP. The van der Waals surface area contributed by atoms with Crippen molar-refractivity contribution in [1.29, 1.82) is 0 Å². The highest BCUT2D eigenvalue weighted by Gasteiger charge is 2.50. The van der Waals surface area contributed by atoms with Crippen LogP contribution in [0.1, 0.15) is 0 Å². The molecule has 0 aromatic rings. The molecule has 0 aromatic heterocycles. The molecule has 0 saturated carbocycles. The van der Waals surface area contributed by atoms with Crippen LogP contribution in [-0.2, 0) is 4.52 Å². The second-order valence-electron chi connectivity index (χ2n) is 2.23. The minimum atomic E-state index is -0.406. The van der Waals surface area contributed by atoms with Crippen LogP contribution in [0, 0.1) is 0 Å². The second-order valence-corrected chi connectivity index (χ2v) is 4.81. The van der Waals surface area contributed by atoms with Crippen LogP contribution in [0.25, 0.3) is 0 Å². The Morgan fingerprint density at radius 1 is 1.70 bits per heavy atom. The summed E-state index contributed by atoms with van der Waals surface area (Å²) in [5.74, 6) is 0.815. The molecule has 1 saturated heterocycles. The maximum absolute atomic E-state index is 6.10. The summed E-state index contributed by atoms with van der Waals surface area (Å²) in [5, 5.41) is -0.110. The Hall–Kier alpha value is 0.290. The zero-order valence-electron chi connectivity index (χ0n) is 4.97. The van der Waals surface area contributed by atoms with Crippen molar-refractivity contribution < 1.29 is 4.52 Å². The van der Waals surface area contributed by atoms with Crippen LogP contribution in [0.4, 0.5) is 0 Å². The Morgan fingerprint density at radius 3 is 2.90 bits per heavy atom. The van der Waals surface area contributed by atoms with Gasteiger partial charge in [0.1, 0.15) is 14.6 Å². The molecule has 1 aliphatic heterocycles. The first-order valence-corrected chi connectivity index (χ1v) is 4.62. The molecule has 1 nitrogen and oxygen atoms in total. The normalized spacial score (nSPS) is 45.4. The molecule has 1 heterocycles. The van der Waals surface area contributed by atoms with Crippen LogP contribution in [0.2, 0.25) is 0 Å². The van der Waals surface area contributed by atoms with Gasteiger partial charge in [-0.2, -0.15) is 0 Å². The highest BCUT2D eigenvalue weighted by Crippen LogP contribution is 2.60. The van der Waals surface area contributed by atoms with Gasteiger partial charge in [-0.3, -0.25) is 0 Å². The summed E-state index contributed by atoms with van der Waals surface area (Å²) >= 11 is 12.0. The summed E-state index contributed by atoms with van der Waals surface area (Å²) in [6.07, 6.45) is 5.62. The van der Waals surface area contributed by atoms with E-state index in [1.807, 2.05) is 18.2 Å². The van der Waals surface area contributed by atoms with Crippen molar-refractivity contribution in [3.8, 4) is 0 Å². The van der Waals surface area contributed by atoms with Crippen LogP contribution in [0.3, 0.4) is 0 Å². The Kier molecular flexibility index (Phi) is 1.49. The summed E-state index contributed by atoms with van der Waals surface area (Å²) < 4.78 is 4.72. The number of halogens is 2. The third kappa shape index (κ3) is 0.747. The van der Waals surface area contributed by atoms with Gasteiger partial charge >= 0.3 is 0 Å². The molecule has 2 aliphatic rings. The maximum Gasteiger partial charge on any atom is 0.173 e. The zero-order chi connectivity index (χ0) is 7.19. The van der Waals surface area contributed by atoms with Crippen molar-refractivity contribution in [3.63, 3.8) is 0 Å². The highest BCUT2D eigenvalue weighted by atomic mass is 35.5. The van der Waals surface area contributed by atoms with E-state index in [1.54, 1.807) is 0 Å². The van der Waals surface area contributed by atoms with Gasteiger partial charge in [-0.05, 0) is 6.08 Å². The minimum Gasteiger partial charge on any atom is -0.477 e. The van der Waals surface area contributed by atoms with Crippen LogP contribution >= 0.6 is 32.0 Å². The molecule has 0 radical (unpaired) electrons. The van der Waals surface area contributed by atoms with Gasteiger partial charge in [0.05, 0.1) is 5.38 Å². The van der Waals surface area contributed by atoms with Crippen molar-refractivity contribution >= 4 is 32.0 Å². The van der Waals surface area contributed by atoms with Crippen molar-refractivity contribution in [3.05, 3.63) is 24.0 Å². The monoisotopic (exact) mass is 194 g/mol. The van der Waals surface area contributed by atoms with E-state index in [9.17, 15) is 0 Å². The first kappa shape index (κ1) is 6.97. The van der Waals surface area contributed by atoms with Gasteiger partial charge in [-0.25, -0.2) is 0 Å². The molecule has 2 rings (SSSR count). The lowest BCUT2D eigenvalue weighted by molar-refractivity contribution is 0.378. The first-order valence-electron chi connectivity index (χ1n) is 2.89. The summed E-state index contributed by atoms with van der Waals surface area (Å²) in [6.45, 7) is 0. The largest absolute Gasteiger partial charge is 0.477 e. The SMILES string of the molecule is ClC1C=CC=C2OPC21Cl. The van der Waals surface area contributed by atoms with Crippen molar-refractivity contribution in [1.82, 2.24) is 0 Å². The van der Waals surface area contributed by atoms with E-state index in [2.05, 4.69) is 0 Å². The van der Waals surface area contributed by atoms with Gasteiger partial charge in [0.25, 0.3) is 0 Å². The number of rotatable bonds is 0. The van der Waals surface area contributed by atoms with Crippen LogP contribution < -0.4 is 0 Å². The Morgan fingerprint density at radius 2 is 2.50 bits per heavy atom. The number of alkyl halides is 2. The van der Waals surface area contributed by atoms with Gasteiger partial charge in [0.2, 0.25) is 0 Å². The highest BCUT2D eigenvalue weighted by molar-refractivity contribution is 7.40.